The lowest BCUT2D eigenvalue weighted by molar-refractivity contribution is -0.385. The highest BCUT2D eigenvalue weighted by Gasteiger charge is 2.34. The summed E-state index contributed by atoms with van der Waals surface area (Å²) in [5.41, 5.74) is -1.78. The molecule has 154 valence electrons. The highest BCUT2D eigenvalue weighted by atomic mass is 19.4. The molecule has 1 aromatic rings. The average molecular weight is 399 g/mol. The third-order valence-electron chi connectivity index (χ3n) is 5.65. The largest absolute Gasteiger partial charge is 0.416 e. The van der Waals surface area contributed by atoms with Gasteiger partial charge in [-0.15, -0.1) is 0 Å². The molecule has 2 atom stereocenters. The second kappa shape index (κ2) is 8.46. The first-order valence-corrected chi connectivity index (χ1v) is 9.63. The van der Waals surface area contributed by atoms with Crippen LogP contribution in [0.1, 0.15) is 49.7 Å². The number of rotatable bonds is 5. The maximum atomic E-state index is 12.8. The predicted octanol–water partition coefficient (Wildman–Crippen LogP) is 3.68. The number of nitro groups is 1. The molecule has 2 fully saturated rings. The molecule has 0 radical (unpaired) electrons. The summed E-state index contributed by atoms with van der Waals surface area (Å²) in [6.45, 7) is 2.03. The van der Waals surface area contributed by atoms with E-state index in [-0.39, 0.29) is 30.0 Å². The Kier molecular flexibility index (Phi) is 6.22. The van der Waals surface area contributed by atoms with Crippen molar-refractivity contribution in [1.82, 2.24) is 10.2 Å². The Morgan fingerprint density at radius 3 is 2.50 bits per heavy atom. The number of alkyl halides is 3. The van der Waals surface area contributed by atoms with Crippen molar-refractivity contribution in [1.29, 1.82) is 0 Å². The third kappa shape index (κ3) is 4.81. The van der Waals surface area contributed by atoms with Crippen molar-refractivity contribution in [2.45, 2.75) is 63.2 Å². The van der Waals surface area contributed by atoms with Crippen LogP contribution >= 0.6 is 0 Å². The number of hydrogen-bond donors (Lipinski definition) is 1. The molecule has 2 aliphatic rings. The number of likely N-dealkylation sites (tertiary alicyclic amines) is 1. The zero-order valence-electron chi connectivity index (χ0n) is 15.5. The molecule has 3 rings (SSSR count). The van der Waals surface area contributed by atoms with Crippen molar-refractivity contribution in [3.63, 3.8) is 0 Å². The number of nitrogens with one attached hydrogen (secondary N) is 1. The number of nitro benzene ring substituents is 1. The Morgan fingerprint density at radius 2 is 1.86 bits per heavy atom. The summed E-state index contributed by atoms with van der Waals surface area (Å²) < 4.78 is 38.5. The molecule has 1 aliphatic heterocycles. The first kappa shape index (κ1) is 20.6. The zero-order valence-corrected chi connectivity index (χ0v) is 15.5. The number of amides is 1. The third-order valence-corrected chi connectivity index (χ3v) is 5.65. The number of carbonyl (C=O) groups is 1. The molecule has 1 amide bonds. The van der Waals surface area contributed by atoms with E-state index < -0.39 is 22.4 Å². The Bertz CT molecular complexity index is 733. The minimum Gasteiger partial charge on any atom is -0.352 e. The fourth-order valence-corrected chi connectivity index (χ4v) is 4.28. The zero-order chi connectivity index (χ0) is 20.3. The van der Waals surface area contributed by atoms with Gasteiger partial charge in [-0.1, -0.05) is 18.9 Å². The number of benzene rings is 1. The Balaban J connectivity index is 1.70. The number of nitrogens with zero attached hydrogens (tertiary/aromatic N) is 2. The van der Waals surface area contributed by atoms with Crippen LogP contribution in [0.3, 0.4) is 0 Å². The molecule has 28 heavy (non-hydrogen) atoms. The van der Waals surface area contributed by atoms with E-state index in [2.05, 4.69) is 10.2 Å². The van der Waals surface area contributed by atoms with E-state index >= 15 is 0 Å². The van der Waals surface area contributed by atoms with Crippen molar-refractivity contribution in [3.05, 3.63) is 39.4 Å². The predicted molar refractivity (Wildman–Crippen MR) is 96.8 cm³/mol. The van der Waals surface area contributed by atoms with Gasteiger partial charge >= 0.3 is 6.18 Å². The molecular formula is C19H24F3N3O3. The standard InChI is InChI=1S/C19H24F3N3O3/c20-19(21,22)14-8-7-13(17(12-14)25(27)28)11-18(26)23-15-5-1-2-6-16(15)24-9-3-4-10-24/h7-8,12,15-16H,1-6,9-11H2,(H,23,26)/t15-,16-/m1/s1. The molecule has 6 nitrogen and oxygen atoms in total. The summed E-state index contributed by atoms with van der Waals surface area (Å²) in [6.07, 6.45) is 1.29. The Hall–Kier alpha value is -2.16. The highest BCUT2D eigenvalue weighted by molar-refractivity contribution is 5.80. The minimum absolute atomic E-state index is 0.0102. The van der Waals surface area contributed by atoms with Crippen LogP contribution in [0.2, 0.25) is 0 Å². The lowest BCUT2D eigenvalue weighted by atomic mass is 9.89. The van der Waals surface area contributed by atoms with Crippen LogP contribution in [0.25, 0.3) is 0 Å². The summed E-state index contributed by atoms with van der Waals surface area (Å²) in [5, 5.41) is 14.2. The first-order valence-electron chi connectivity index (χ1n) is 9.63. The molecule has 1 saturated heterocycles. The summed E-state index contributed by atoms with van der Waals surface area (Å²) in [6, 6.07) is 2.55. The molecule has 1 saturated carbocycles. The molecule has 0 bridgehead atoms. The van der Waals surface area contributed by atoms with Crippen molar-refractivity contribution < 1.29 is 22.9 Å². The number of hydrogen-bond acceptors (Lipinski definition) is 4. The van der Waals surface area contributed by atoms with Gasteiger partial charge in [-0.2, -0.15) is 13.2 Å². The summed E-state index contributed by atoms with van der Waals surface area (Å²) in [4.78, 5) is 25.2. The normalized spacial score (nSPS) is 23.5. The van der Waals surface area contributed by atoms with Gasteiger partial charge in [-0.05, 0) is 44.8 Å². The first-order chi connectivity index (χ1) is 13.3. The fraction of sp³-hybridized carbons (Fsp3) is 0.632. The van der Waals surface area contributed by atoms with E-state index in [4.69, 9.17) is 0 Å². The van der Waals surface area contributed by atoms with Crippen molar-refractivity contribution >= 4 is 11.6 Å². The van der Waals surface area contributed by atoms with E-state index in [1.165, 1.54) is 0 Å². The van der Waals surface area contributed by atoms with Crippen LogP contribution in [-0.4, -0.2) is 40.9 Å². The van der Waals surface area contributed by atoms with E-state index in [0.717, 1.165) is 63.7 Å². The highest BCUT2D eigenvalue weighted by Crippen LogP contribution is 2.33. The summed E-state index contributed by atoms with van der Waals surface area (Å²) in [7, 11) is 0. The maximum Gasteiger partial charge on any atom is 0.416 e. The van der Waals surface area contributed by atoms with E-state index in [1.807, 2.05) is 0 Å². The van der Waals surface area contributed by atoms with Gasteiger partial charge in [0, 0.05) is 23.7 Å². The fourth-order valence-electron chi connectivity index (χ4n) is 4.28. The van der Waals surface area contributed by atoms with Crippen molar-refractivity contribution in [3.8, 4) is 0 Å². The maximum absolute atomic E-state index is 12.8. The monoisotopic (exact) mass is 399 g/mol. The van der Waals surface area contributed by atoms with Gasteiger partial charge in [0.25, 0.3) is 5.69 Å². The molecular weight excluding hydrogens is 375 g/mol. The molecule has 1 aliphatic carbocycles. The minimum atomic E-state index is -4.67. The number of halogens is 3. The van der Waals surface area contributed by atoms with Crippen LogP contribution in [0.5, 0.6) is 0 Å². The second-order valence-corrected chi connectivity index (χ2v) is 7.54. The van der Waals surface area contributed by atoms with Crippen LogP contribution < -0.4 is 5.32 Å². The van der Waals surface area contributed by atoms with Gasteiger partial charge in [-0.25, -0.2) is 0 Å². The molecule has 0 unspecified atom stereocenters. The van der Waals surface area contributed by atoms with E-state index in [9.17, 15) is 28.1 Å². The second-order valence-electron chi connectivity index (χ2n) is 7.54. The molecule has 9 heteroatoms. The van der Waals surface area contributed by atoms with Crippen LogP contribution in [0.15, 0.2) is 18.2 Å². The van der Waals surface area contributed by atoms with Crippen LogP contribution in [0.4, 0.5) is 18.9 Å². The smallest absolute Gasteiger partial charge is 0.352 e. The SMILES string of the molecule is O=C(Cc1ccc(C(F)(F)F)cc1[N+](=O)[O-])N[C@@H]1CCCC[C@H]1N1CCCC1. The summed E-state index contributed by atoms with van der Waals surface area (Å²) in [5.74, 6) is -0.390. The summed E-state index contributed by atoms with van der Waals surface area (Å²) >= 11 is 0. The van der Waals surface area contributed by atoms with Crippen molar-refractivity contribution in [2.75, 3.05) is 13.1 Å². The Labute approximate surface area is 161 Å². The van der Waals surface area contributed by atoms with Gasteiger partial charge in [0.2, 0.25) is 5.91 Å². The van der Waals surface area contributed by atoms with Crippen LogP contribution in [0, 0.1) is 10.1 Å². The quantitative estimate of drug-likeness (QED) is 0.605. The van der Waals surface area contributed by atoms with E-state index in [0.29, 0.717) is 6.07 Å². The van der Waals surface area contributed by atoms with Gasteiger partial charge in [0.15, 0.2) is 0 Å². The van der Waals surface area contributed by atoms with Gasteiger partial charge in [0.05, 0.1) is 16.9 Å². The molecule has 1 heterocycles. The van der Waals surface area contributed by atoms with E-state index in [1.54, 1.807) is 0 Å². The molecule has 1 aromatic carbocycles. The van der Waals surface area contributed by atoms with Gasteiger partial charge in [-0.3, -0.25) is 19.8 Å². The van der Waals surface area contributed by atoms with Crippen molar-refractivity contribution in [2.24, 2.45) is 0 Å². The molecule has 0 spiro atoms. The molecule has 0 aromatic heterocycles. The topological polar surface area (TPSA) is 75.5 Å². The van der Waals surface area contributed by atoms with Crippen LogP contribution in [-0.2, 0) is 17.4 Å². The van der Waals surface area contributed by atoms with Gasteiger partial charge < -0.3 is 5.32 Å². The van der Waals surface area contributed by atoms with Gasteiger partial charge in [0.1, 0.15) is 0 Å². The molecule has 1 N–H and O–H groups in total. The number of carbonyl (C=O) groups excluding carboxylic acids is 1. The average Bonchev–Trinajstić information content (AvgIpc) is 3.15. The Morgan fingerprint density at radius 1 is 1.18 bits per heavy atom. The lowest BCUT2D eigenvalue weighted by Crippen LogP contribution is -2.52. The lowest BCUT2D eigenvalue weighted by Gasteiger charge is -2.38.